The van der Waals surface area contributed by atoms with Crippen LogP contribution >= 0.6 is 11.6 Å². The summed E-state index contributed by atoms with van der Waals surface area (Å²) in [7, 11) is 0. The van der Waals surface area contributed by atoms with Crippen molar-refractivity contribution in [3.05, 3.63) is 46.2 Å². The zero-order valence-electron chi connectivity index (χ0n) is 14.4. The number of benzene rings is 1. The largest absolute Gasteiger partial charge is 0.417 e. The van der Waals surface area contributed by atoms with Crippen LogP contribution in [0.2, 0.25) is 5.02 Å². The van der Waals surface area contributed by atoms with Crippen LogP contribution < -0.4 is 10.6 Å². The van der Waals surface area contributed by atoms with Gasteiger partial charge in [0.05, 0.1) is 10.6 Å². The Morgan fingerprint density at radius 2 is 1.92 bits per heavy atom. The summed E-state index contributed by atoms with van der Waals surface area (Å²) in [5.74, 6) is 0.000672. The van der Waals surface area contributed by atoms with Crippen molar-refractivity contribution in [3.63, 3.8) is 0 Å². The van der Waals surface area contributed by atoms with Crippen LogP contribution in [0.5, 0.6) is 0 Å². The lowest BCUT2D eigenvalue weighted by molar-refractivity contribution is -0.137. The third-order valence-electron chi connectivity index (χ3n) is 3.28. The van der Waals surface area contributed by atoms with Crippen LogP contribution in [-0.2, 0) is 6.18 Å². The molecule has 0 bridgehead atoms. The Kier molecular flexibility index (Phi) is 6.07. The Balaban J connectivity index is 2.22. The SMILES string of the molecule is Cc1cc(C(=O)Nc2ccc(Cl)c(C(F)(F)F)c2)nc(NCC(C)C)n1. The highest BCUT2D eigenvalue weighted by atomic mass is 35.5. The average Bonchev–Trinajstić information content (AvgIpc) is 2.53. The molecule has 2 aromatic rings. The van der Waals surface area contributed by atoms with E-state index in [1.165, 1.54) is 12.1 Å². The first-order valence-electron chi connectivity index (χ1n) is 7.84. The molecule has 0 unspecified atom stereocenters. The highest BCUT2D eigenvalue weighted by Crippen LogP contribution is 2.36. The minimum atomic E-state index is -4.61. The van der Waals surface area contributed by atoms with Crippen molar-refractivity contribution in [1.82, 2.24) is 9.97 Å². The molecule has 0 atom stereocenters. The summed E-state index contributed by atoms with van der Waals surface area (Å²) in [5.41, 5.74) is -0.439. The van der Waals surface area contributed by atoms with Gasteiger partial charge in [-0.1, -0.05) is 25.4 Å². The number of amides is 1. The molecule has 0 aliphatic heterocycles. The van der Waals surface area contributed by atoms with Gasteiger partial charge in [0.15, 0.2) is 0 Å². The van der Waals surface area contributed by atoms with E-state index in [4.69, 9.17) is 11.6 Å². The molecule has 0 fully saturated rings. The first-order valence-corrected chi connectivity index (χ1v) is 8.21. The van der Waals surface area contributed by atoms with E-state index in [0.717, 1.165) is 12.1 Å². The van der Waals surface area contributed by atoms with Gasteiger partial charge in [-0.05, 0) is 37.1 Å². The van der Waals surface area contributed by atoms with Gasteiger partial charge < -0.3 is 10.6 Å². The summed E-state index contributed by atoms with van der Waals surface area (Å²) in [6.45, 7) is 6.34. The van der Waals surface area contributed by atoms with Crippen molar-refractivity contribution in [3.8, 4) is 0 Å². The third kappa shape index (κ3) is 5.32. The molecule has 1 amide bonds. The zero-order valence-corrected chi connectivity index (χ0v) is 15.2. The van der Waals surface area contributed by atoms with Gasteiger partial charge in [-0.2, -0.15) is 13.2 Å². The van der Waals surface area contributed by atoms with Gasteiger partial charge >= 0.3 is 6.18 Å². The van der Waals surface area contributed by atoms with E-state index < -0.39 is 22.7 Å². The fourth-order valence-electron chi connectivity index (χ4n) is 2.07. The predicted molar refractivity (Wildman–Crippen MR) is 94.5 cm³/mol. The second kappa shape index (κ2) is 7.90. The Bertz CT molecular complexity index is 809. The maximum absolute atomic E-state index is 12.9. The van der Waals surface area contributed by atoms with Gasteiger partial charge in [-0.15, -0.1) is 0 Å². The summed E-state index contributed by atoms with van der Waals surface area (Å²) in [6, 6.07) is 4.62. The van der Waals surface area contributed by atoms with Crippen LogP contribution in [-0.4, -0.2) is 22.4 Å². The molecular weight excluding hydrogens is 369 g/mol. The lowest BCUT2D eigenvalue weighted by Crippen LogP contribution is -2.18. The molecule has 2 N–H and O–H groups in total. The van der Waals surface area contributed by atoms with E-state index in [0.29, 0.717) is 18.2 Å². The van der Waals surface area contributed by atoms with E-state index in [1.54, 1.807) is 6.92 Å². The summed E-state index contributed by atoms with van der Waals surface area (Å²) >= 11 is 5.57. The number of carbonyl (C=O) groups excluding carboxylic acids is 1. The van der Waals surface area contributed by atoms with Crippen LogP contribution in [0.15, 0.2) is 24.3 Å². The first-order chi connectivity index (χ1) is 12.1. The van der Waals surface area contributed by atoms with Crippen molar-refractivity contribution in [2.24, 2.45) is 5.92 Å². The van der Waals surface area contributed by atoms with Gasteiger partial charge in [0.1, 0.15) is 5.69 Å². The van der Waals surface area contributed by atoms with Gasteiger partial charge in [0, 0.05) is 17.9 Å². The number of carbonyl (C=O) groups is 1. The first kappa shape index (κ1) is 20.0. The van der Waals surface area contributed by atoms with Crippen LogP contribution in [0.4, 0.5) is 24.8 Å². The van der Waals surface area contributed by atoms with Crippen molar-refractivity contribution in [2.75, 3.05) is 17.2 Å². The van der Waals surface area contributed by atoms with Gasteiger partial charge in [0.25, 0.3) is 5.91 Å². The molecule has 1 aromatic heterocycles. The number of alkyl halides is 3. The number of rotatable bonds is 5. The Morgan fingerprint density at radius 1 is 1.23 bits per heavy atom. The van der Waals surface area contributed by atoms with Crippen molar-refractivity contribution >= 4 is 29.1 Å². The molecule has 5 nitrogen and oxygen atoms in total. The number of hydrogen-bond acceptors (Lipinski definition) is 4. The van der Waals surface area contributed by atoms with E-state index in [1.807, 2.05) is 13.8 Å². The molecular formula is C17H18ClF3N4O. The molecule has 9 heteroatoms. The van der Waals surface area contributed by atoms with Crippen LogP contribution in [0.25, 0.3) is 0 Å². The van der Waals surface area contributed by atoms with Crippen LogP contribution in [0.3, 0.4) is 0 Å². The minimum absolute atomic E-state index is 0.0281. The third-order valence-corrected chi connectivity index (χ3v) is 3.61. The minimum Gasteiger partial charge on any atom is -0.354 e. The van der Waals surface area contributed by atoms with Crippen molar-refractivity contribution < 1.29 is 18.0 Å². The van der Waals surface area contributed by atoms with Gasteiger partial charge in [0.2, 0.25) is 5.95 Å². The number of aryl methyl sites for hydroxylation is 1. The van der Waals surface area contributed by atoms with Crippen molar-refractivity contribution in [1.29, 1.82) is 0 Å². The summed E-state index contributed by atoms with van der Waals surface area (Å²) in [6.07, 6.45) is -4.61. The van der Waals surface area contributed by atoms with Crippen molar-refractivity contribution in [2.45, 2.75) is 26.9 Å². The highest BCUT2D eigenvalue weighted by molar-refractivity contribution is 6.31. The zero-order chi connectivity index (χ0) is 19.5. The number of nitrogens with one attached hydrogen (secondary N) is 2. The number of anilines is 2. The molecule has 2 rings (SSSR count). The van der Waals surface area contributed by atoms with Crippen LogP contribution in [0, 0.1) is 12.8 Å². The second-order valence-electron chi connectivity index (χ2n) is 6.14. The fourth-order valence-corrected chi connectivity index (χ4v) is 2.30. The molecule has 0 radical (unpaired) electrons. The van der Waals surface area contributed by atoms with E-state index >= 15 is 0 Å². The molecule has 0 saturated heterocycles. The van der Waals surface area contributed by atoms with Gasteiger partial charge in [-0.3, -0.25) is 4.79 Å². The average molecular weight is 387 g/mol. The monoisotopic (exact) mass is 386 g/mol. The Morgan fingerprint density at radius 3 is 2.54 bits per heavy atom. The molecule has 0 aliphatic carbocycles. The van der Waals surface area contributed by atoms with E-state index in [9.17, 15) is 18.0 Å². The normalized spacial score (nSPS) is 11.5. The summed E-state index contributed by atoms with van der Waals surface area (Å²) in [4.78, 5) is 20.7. The molecule has 0 saturated carbocycles. The molecule has 140 valence electrons. The summed E-state index contributed by atoms with van der Waals surface area (Å²) in [5, 5.41) is 4.98. The fraction of sp³-hybridized carbons (Fsp3) is 0.353. The number of halogens is 4. The predicted octanol–water partition coefficient (Wildman–Crippen LogP) is 4.78. The number of nitrogens with zero attached hydrogens (tertiary/aromatic N) is 2. The van der Waals surface area contributed by atoms with Gasteiger partial charge in [-0.25, -0.2) is 9.97 Å². The molecule has 1 aromatic carbocycles. The quantitative estimate of drug-likeness (QED) is 0.776. The molecule has 0 spiro atoms. The lowest BCUT2D eigenvalue weighted by Gasteiger charge is -2.12. The smallest absolute Gasteiger partial charge is 0.354 e. The molecule has 0 aliphatic rings. The molecule has 26 heavy (non-hydrogen) atoms. The second-order valence-corrected chi connectivity index (χ2v) is 6.55. The summed E-state index contributed by atoms with van der Waals surface area (Å²) < 4.78 is 38.8. The van der Waals surface area contributed by atoms with E-state index in [-0.39, 0.29) is 17.3 Å². The molecule has 1 heterocycles. The number of aromatic nitrogens is 2. The standard InChI is InChI=1S/C17H18ClF3N4O/c1-9(2)8-22-16-23-10(3)6-14(25-16)15(26)24-11-4-5-13(18)12(7-11)17(19,20)21/h4-7,9H,8H2,1-3H3,(H,24,26)(H,22,23,25). The Labute approximate surface area is 154 Å². The number of hydrogen-bond donors (Lipinski definition) is 2. The maximum atomic E-state index is 12.9. The maximum Gasteiger partial charge on any atom is 0.417 e. The Hall–Kier alpha value is -2.35. The van der Waals surface area contributed by atoms with E-state index in [2.05, 4.69) is 20.6 Å². The van der Waals surface area contributed by atoms with Crippen LogP contribution in [0.1, 0.15) is 35.6 Å². The topological polar surface area (TPSA) is 66.9 Å². The highest BCUT2D eigenvalue weighted by Gasteiger charge is 2.33. The lowest BCUT2D eigenvalue weighted by atomic mass is 10.2.